The first kappa shape index (κ1) is 22.4. The molecule has 0 atom stereocenters. The predicted molar refractivity (Wildman–Crippen MR) is 91.8 cm³/mol. The molecular formula is C15H12BrF3N2O8. The molecule has 0 saturated carbocycles. The predicted octanol–water partition coefficient (Wildman–Crippen LogP) is 2.65. The molecule has 0 fully saturated rings. The van der Waals surface area contributed by atoms with Crippen molar-refractivity contribution in [1.82, 2.24) is 0 Å². The Morgan fingerprint density at radius 3 is 2.38 bits per heavy atom. The maximum atomic E-state index is 12.5. The minimum atomic E-state index is -5.09. The lowest BCUT2D eigenvalue weighted by molar-refractivity contribution is -0.384. The van der Waals surface area contributed by atoms with Gasteiger partial charge in [-0.05, 0) is 22.0 Å². The zero-order valence-electron chi connectivity index (χ0n) is 14.7. The number of halogens is 4. The SMILES string of the molecule is COC(=O)C1=C(C(=O)OC)N(c2c(Br)cc(OC(F)(F)F)cc2[N+](=O)[O-])COC1. The standard InChI is InChI=1S/C15H12BrF3N2O8/c1-26-13(22)8-5-28-6-20(11(8)14(23)27-2)12-9(16)3-7(29-15(17,18)19)4-10(12)21(24)25/h3-4H,5-6H2,1-2H3. The lowest BCUT2D eigenvalue weighted by Crippen LogP contribution is -2.39. The molecule has 0 bridgehead atoms. The van der Waals surface area contributed by atoms with Gasteiger partial charge in [-0.15, -0.1) is 13.2 Å². The molecule has 1 aliphatic heterocycles. The first-order chi connectivity index (χ1) is 13.5. The quantitative estimate of drug-likeness (QED) is 0.353. The third kappa shape index (κ3) is 4.95. The Morgan fingerprint density at radius 2 is 1.86 bits per heavy atom. The van der Waals surface area contributed by atoms with Gasteiger partial charge in [0.05, 0.1) is 41.9 Å². The van der Waals surface area contributed by atoms with Crippen LogP contribution in [0, 0.1) is 10.1 Å². The molecule has 2 rings (SSSR count). The summed E-state index contributed by atoms with van der Waals surface area (Å²) in [5.41, 5.74) is -1.91. The van der Waals surface area contributed by atoms with E-state index in [1.165, 1.54) is 0 Å². The molecule has 0 saturated heterocycles. The third-order valence-corrected chi connectivity index (χ3v) is 4.15. The van der Waals surface area contributed by atoms with Crippen molar-refractivity contribution in [3.05, 3.63) is 38.0 Å². The number of nitrogens with zero attached hydrogens (tertiary/aromatic N) is 2. The number of alkyl halides is 3. The van der Waals surface area contributed by atoms with Crippen LogP contribution >= 0.6 is 15.9 Å². The number of benzene rings is 1. The average molecular weight is 485 g/mol. The van der Waals surface area contributed by atoms with Crippen LogP contribution in [0.4, 0.5) is 24.5 Å². The van der Waals surface area contributed by atoms with Crippen molar-refractivity contribution in [3.63, 3.8) is 0 Å². The smallest absolute Gasteiger partial charge is 0.466 e. The van der Waals surface area contributed by atoms with Gasteiger partial charge in [-0.2, -0.15) is 0 Å². The maximum Gasteiger partial charge on any atom is 0.573 e. The van der Waals surface area contributed by atoms with Crippen LogP contribution in [0.25, 0.3) is 0 Å². The molecule has 0 N–H and O–H groups in total. The monoisotopic (exact) mass is 484 g/mol. The number of hydrogen-bond acceptors (Lipinski definition) is 9. The molecule has 10 nitrogen and oxygen atoms in total. The second kappa shape index (κ2) is 8.65. The molecule has 0 spiro atoms. The van der Waals surface area contributed by atoms with Crippen molar-refractivity contribution < 1.29 is 46.6 Å². The van der Waals surface area contributed by atoms with E-state index in [0.717, 1.165) is 25.2 Å². The van der Waals surface area contributed by atoms with Crippen molar-refractivity contribution in [2.45, 2.75) is 6.36 Å². The largest absolute Gasteiger partial charge is 0.573 e. The highest BCUT2D eigenvalue weighted by Gasteiger charge is 2.38. The van der Waals surface area contributed by atoms with Gasteiger partial charge in [0, 0.05) is 0 Å². The number of carbonyl (C=O) groups is 2. The third-order valence-electron chi connectivity index (χ3n) is 3.55. The Morgan fingerprint density at radius 1 is 1.24 bits per heavy atom. The Kier molecular flexibility index (Phi) is 6.69. The van der Waals surface area contributed by atoms with Crippen LogP contribution in [-0.2, 0) is 23.8 Å². The van der Waals surface area contributed by atoms with E-state index >= 15 is 0 Å². The minimum Gasteiger partial charge on any atom is -0.466 e. The first-order valence-corrected chi connectivity index (χ1v) is 8.28. The summed E-state index contributed by atoms with van der Waals surface area (Å²) >= 11 is 2.94. The number of carbonyl (C=O) groups excluding carboxylic acids is 2. The number of esters is 2. The fourth-order valence-corrected chi connectivity index (χ4v) is 3.12. The van der Waals surface area contributed by atoms with Crippen molar-refractivity contribution in [1.29, 1.82) is 0 Å². The van der Waals surface area contributed by atoms with Gasteiger partial charge < -0.3 is 23.8 Å². The second-order valence-corrected chi connectivity index (χ2v) is 6.15. The molecule has 1 aromatic rings. The fourth-order valence-electron chi connectivity index (χ4n) is 2.48. The summed E-state index contributed by atoms with van der Waals surface area (Å²) in [7, 11) is 2.06. The normalized spacial score (nSPS) is 14.5. The summed E-state index contributed by atoms with van der Waals surface area (Å²) in [6, 6.07) is 1.34. The molecule has 1 aromatic carbocycles. The zero-order chi connectivity index (χ0) is 21.9. The van der Waals surface area contributed by atoms with E-state index < -0.39 is 47.1 Å². The van der Waals surface area contributed by atoms with Gasteiger partial charge in [-0.25, -0.2) is 9.59 Å². The van der Waals surface area contributed by atoms with E-state index in [0.29, 0.717) is 6.07 Å². The number of hydrogen-bond donors (Lipinski definition) is 0. The molecule has 0 aromatic heterocycles. The molecule has 0 aliphatic carbocycles. The van der Waals surface area contributed by atoms with Gasteiger partial charge in [0.25, 0.3) is 5.69 Å². The summed E-state index contributed by atoms with van der Waals surface area (Å²) in [6.07, 6.45) is -5.09. The van der Waals surface area contributed by atoms with Gasteiger partial charge in [0.2, 0.25) is 0 Å². The topological polar surface area (TPSA) is 117 Å². The van der Waals surface area contributed by atoms with Crippen LogP contribution in [-0.4, -0.2) is 50.8 Å². The van der Waals surface area contributed by atoms with Gasteiger partial charge in [0.1, 0.15) is 23.9 Å². The molecular weight excluding hydrogens is 473 g/mol. The molecule has 14 heteroatoms. The molecule has 29 heavy (non-hydrogen) atoms. The van der Waals surface area contributed by atoms with Gasteiger partial charge in [-0.3, -0.25) is 10.1 Å². The van der Waals surface area contributed by atoms with Crippen LogP contribution in [0.5, 0.6) is 5.75 Å². The Bertz CT molecular complexity index is 887. The number of nitro groups is 1. The Labute approximate surface area is 169 Å². The zero-order valence-corrected chi connectivity index (χ0v) is 16.3. The van der Waals surface area contributed by atoms with Crippen LogP contribution in [0.1, 0.15) is 0 Å². The summed E-state index contributed by atoms with van der Waals surface area (Å²) in [5, 5.41) is 11.5. The van der Waals surface area contributed by atoms with Crippen molar-refractivity contribution in [2.75, 3.05) is 32.5 Å². The molecule has 0 radical (unpaired) electrons. The van der Waals surface area contributed by atoms with E-state index in [4.69, 9.17) is 4.74 Å². The van der Waals surface area contributed by atoms with Gasteiger partial charge >= 0.3 is 18.3 Å². The summed E-state index contributed by atoms with van der Waals surface area (Å²) in [5.74, 6) is -2.86. The minimum absolute atomic E-state index is 0.234. The van der Waals surface area contributed by atoms with Crippen LogP contribution in [0.2, 0.25) is 0 Å². The number of ether oxygens (including phenoxy) is 4. The summed E-state index contributed by atoms with van der Waals surface area (Å²) < 4.78 is 55.4. The number of methoxy groups -OCH3 is 2. The highest BCUT2D eigenvalue weighted by Crippen LogP contribution is 2.43. The molecule has 158 valence electrons. The number of rotatable bonds is 5. The second-order valence-electron chi connectivity index (χ2n) is 5.29. The van der Waals surface area contributed by atoms with Crippen molar-refractivity contribution in [3.8, 4) is 5.75 Å². The highest BCUT2D eigenvalue weighted by molar-refractivity contribution is 9.10. The Hall–Kier alpha value is -2.87. The molecule has 1 heterocycles. The van der Waals surface area contributed by atoms with Gasteiger partial charge in [0.15, 0.2) is 0 Å². The van der Waals surface area contributed by atoms with E-state index in [2.05, 4.69) is 30.1 Å². The molecule has 0 amide bonds. The van der Waals surface area contributed by atoms with E-state index in [1.807, 2.05) is 0 Å². The van der Waals surface area contributed by atoms with Crippen LogP contribution < -0.4 is 9.64 Å². The van der Waals surface area contributed by atoms with E-state index in [-0.39, 0.29) is 22.3 Å². The fraction of sp³-hybridized carbons (Fsp3) is 0.333. The highest BCUT2D eigenvalue weighted by atomic mass is 79.9. The van der Waals surface area contributed by atoms with E-state index in [1.54, 1.807) is 0 Å². The summed E-state index contributed by atoms with van der Waals surface area (Å²) in [4.78, 5) is 35.7. The Balaban J connectivity index is 2.71. The summed E-state index contributed by atoms with van der Waals surface area (Å²) in [6.45, 7) is -0.794. The van der Waals surface area contributed by atoms with Crippen LogP contribution in [0.15, 0.2) is 27.9 Å². The average Bonchev–Trinajstić information content (AvgIpc) is 2.64. The number of nitro benzene ring substituents is 1. The molecule has 1 aliphatic rings. The van der Waals surface area contributed by atoms with Crippen molar-refractivity contribution in [2.24, 2.45) is 0 Å². The van der Waals surface area contributed by atoms with Crippen LogP contribution in [0.3, 0.4) is 0 Å². The first-order valence-electron chi connectivity index (χ1n) is 7.48. The van der Waals surface area contributed by atoms with Gasteiger partial charge in [-0.1, -0.05) is 0 Å². The van der Waals surface area contributed by atoms with Crippen molar-refractivity contribution >= 4 is 39.2 Å². The van der Waals surface area contributed by atoms with E-state index in [9.17, 15) is 32.9 Å². The lowest BCUT2D eigenvalue weighted by atomic mass is 10.1. The molecule has 0 unspecified atom stereocenters. The number of anilines is 1. The lowest BCUT2D eigenvalue weighted by Gasteiger charge is -2.31. The maximum absolute atomic E-state index is 12.5.